The van der Waals surface area contributed by atoms with Gasteiger partial charge in [-0.15, -0.1) is 0 Å². The molecule has 0 fully saturated rings. The largest absolute Gasteiger partial charge is 0.493 e. The fourth-order valence-electron chi connectivity index (χ4n) is 1.16. The normalized spacial score (nSPS) is 10.1. The number of nitrogens with zero attached hydrogens (tertiary/aromatic N) is 3. The highest BCUT2D eigenvalue weighted by Crippen LogP contribution is 2.26. The van der Waals surface area contributed by atoms with Crippen LogP contribution in [0.5, 0.6) is 10.9 Å². The molecule has 0 spiro atoms. The highest BCUT2D eigenvalue weighted by atomic mass is 32.1. The Bertz CT molecular complexity index is 506. The van der Waals surface area contributed by atoms with Gasteiger partial charge in [0.1, 0.15) is 4.88 Å². The van der Waals surface area contributed by atoms with E-state index < -0.39 is 0 Å². The third-order valence-corrected chi connectivity index (χ3v) is 2.84. The number of thiazole rings is 1. The molecule has 0 N–H and O–H groups in total. The van der Waals surface area contributed by atoms with E-state index in [9.17, 15) is 4.79 Å². The summed E-state index contributed by atoms with van der Waals surface area (Å²) in [5.74, 6) is 1.05. The van der Waals surface area contributed by atoms with Crippen LogP contribution in [-0.2, 0) is 0 Å². The Hall–Kier alpha value is -1.89. The molecule has 84 valence electrons. The number of rotatable bonds is 4. The number of hydrogen-bond acceptors (Lipinski definition) is 6. The van der Waals surface area contributed by atoms with Gasteiger partial charge >= 0.3 is 0 Å². The van der Waals surface area contributed by atoms with Crippen molar-refractivity contribution in [1.29, 1.82) is 0 Å². The molecule has 2 aromatic heterocycles. The van der Waals surface area contributed by atoms with Crippen molar-refractivity contribution in [3.8, 4) is 16.8 Å². The molecule has 0 atom stereocenters. The van der Waals surface area contributed by atoms with Gasteiger partial charge in [0, 0.05) is 0 Å². The second-order valence-corrected chi connectivity index (χ2v) is 3.81. The van der Waals surface area contributed by atoms with E-state index >= 15 is 0 Å². The Morgan fingerprint density at radius 2 is 2.25 bits per heavy atom. The number of hydrogen-bond donors (Lipinski definition) is 0. The molecule has 0 aliphatic rings. The van der Waals surface area contributed by atoms with Gasteiger partial charge in [-0.1, -0.05) is 11.3 Å². The van der Waals surface area contributed by atoms with Crippen LogP contribution in [0.25, 0.3) is 5.82 Å². The van der Waals surface area contributed by atoms with E-state index in [1.807, 2.05) is 0 Å². The fraction of sp³-hybridized carbons (Fsp3) is 0.222. The van der Waals surface area contributed by atoms with Crippen LogP contribution >= 0.6 is 11.3 Å². The smallest absolute Gasteiger partial charge is 0.275 e. The van der Waals surface area contributed by atoms with E-state index in [1.165, 1.54) is 23.1 Å². The molecule has 2 heterocycles. The van der Waals surface area contributed by atoms with Crippen molar-refractivity contribution < 1.29 is 14.3 Å². The fourth-order valence-corrected chi connectivity index (χ4v) is 1.84. The maximum atomic E-state index is 10.8. The molecular formula is C9H9N3O3S. The van der Waals surface area contributed by atoms with E-state index in [2.05, 4.69) is 10.1 Å². The Labute approximate surface area is 95.4 Å². The van der Waals surface area contributed by atoms with Crippen molar-refractivity contribution in [2.24, 2.45) is 0 Å². The molecule has 2 aromatic rings. The summed E-state index contributed by atoms with van der Waals surface area (Å²) in [6, 6.07) is 0. The molecule has 0 amide bonds. The molecule has 0 bridgehead atoms. The predicted octanol–water partition coefficient (Wildman–Crippen LogP) is 1.16. The summed E-state index contributed by atoms with van der Waals surface area (Å²) >= 11 is 1.17. The van der Waals surface area contributed by atoms with Crippen molar-refractivity contribution >= 4 is 17.6 Å². The van der Waals surface area contributed by atoms with E-state index in [0.29, 0.717) is 21.6 Å². The molecule has 0 saturated carbocycles. The van der Waals surface area contributed by atoms with Gasteiger partial charge in [-0.25, -0.2) is 4.68 Å². The maximum Gasteiger partial charge on any atom is 0.275 e. The molecule has 16 heavy (non-hydrogen) atoms. The number of aromatic nitrogens is 3. The van der Waals surface area contributed by atoms with Gasteiger partial charge < -0.3 is 9.47 Å². The molecule has 0 radical (unpaired) electrons. The molecule has 0 unspecified atom stereocenters. The quantitative estimate of drug-likeness (QED) is 0.749. The predicted molar refractivity (Wildman–Crippen MR) is 57.7 cm³/mol. The second kappa shape index (κ2) is 4.31. The summed E-state index contributed by atoms with van der Waals surface area (Å²) < 4.78 is 11.4. The topological polar surface area (TPSA) is 66.2 Å². The van der Waals surface area contributed by atoms with Gasteiger partial charge in [-0.2, -0.15) is 10.1 Å². The summed E-state index contributed by atoms with van der Waals surface area (Å²) in [6.07, 6.45) is 3.91. The van der Waals surface area contributed by atoms with Crippen LogP contribution in [-0.4, -0.2) is 35.3 Å². The number of methoxy groups -OCH3 is 2. The van der Waals surface area contributed by atoms with Crippen molar-refractivity contribution in [3.05, 3.63) is 17.3 Å². The first-order valence-corrected chi connectivity index (χ1v) is 5.19. The summed E-state index contributed by atoms with van der Waals surface area (Å²) in [4.78, 5) is 15.4. The lowest BCUT2D eigenvalue weighted by molar-refractivity contribution is 0.112. The summed E-state index contributed by atoms with van der Waals surface area (Å²) in [7, 11) is 3.05. The lowest BCUT2D eigenvalue weighted by atomic mass is 10.5. The first-order chi connectivity index (χ1) is 7.78. The van der Waals surface area contributed by atoms with E-state index in [0.717, 1.165) is 6.29 Å². The standard InChI is InChI=1S/C9H9N3O3S/c1-14-6-3-10-12(4-6)8-7(5-13)16-9(11-8)15-2/h3-5H,1-2H3. The molecule has 0 aromatic carbocycles. The Balaban J connectivity index is 2.45. The molecule has 0 aliphatic carbocycles. The molecular weight excluding hydrogens is 230 g/mol. The zero-order chi connectivity index (χ0) is 11.5. The lowest BCUT2D eigenvalue weighted by Gasteiger charge is -1.95. The van der Waals surface area contributed by atoms with E-state index in [1.54, 1.807) is 19.5 Å². The van der Waals surface area contributed by atoms with Crippen LogP contribution in [0.4, 0.5) is 0 Å². The van der Waals surface area contributed by atoms with E-state index in [-0.39, 0.29) is 0 Å². The van der Waals surface area contributed by atoms with Crippen molar-refractivity contribution in [2.75, 3.05) is 14.2 Å². The van der Waals surface area contributed by atoms with Crippen LogP contribution in [0.15, 0.2) is 12.4 Å². The average molecular weight is 239 g/mol. The molecule has 6 nitrogen and oxygen atoms in total. The molecule has 7 heteroatoms. The van der Waals surface area contributed by atoms with Crippen LogP contribution in [0.3, 0.4) is 0 Å². The van der Waals surface area contributed by atoms with Gasteiger partial charge in [0.2, 0.25) is 0 Å². The first-order valence-electron chi connectivity index (χ1n) is 4.37. The number of ether oxygens (including phenoxy) is 2. The van der Waals surface area contributed by atoms with Gasteiger partial charge in [-0.3, -0.25) is 4.79 Å². The molecule has 2 rings (SSSR count). The summed E-state index contributed by atoms with van der Waals surface area (Å²) in [5, 5.41) is 4.46. The Morgan fingerprint density at radius 1 is 1.44 bits per heavy atom. The van der Waals surface area contributed by atoms with Crippen molar-refractivity contribution in [3.63, 3.8) is 0 Å². The minimum Gasteiger partial charge on any atom is -0.493 e. The highest BCUT2D eigenvalue weighted by molar-refractivity contribution is 7.15. The molecule has 0 saturated heterocycles. The van der Waals surface area contributed by atoms with Gasteiger partial charge in [-0.05, 0) is 0 Å². The zero-order valence-corrected chi connectivity index (χ0v) is 9.52. The van der Waals surface area contributed by atoms with E-state index in [4.69, 9.17) is 9.47 Å². The third-order valence-electron chi connectivity index (χ3n) is 1.91. The first kappa shape index (κ1) is 10.6. The summed E-state index contributed by atoms with van der Waals surface area (Å²) in [5.41, 5.74) is 0. The minimum absolute atomic E-state index is 0.423. The van der Waals surface area contributed by atoms with Crippen LogP contribution in [0.2, 0.25) is 0 Å². The number of carbonyl (C=O) groups is 1. The third kappa shape index (κ3) is 1.76. The van der Waals surface area contributed by atoms with Crippen LogP contribution in [0.1, 0.15) is 9.67 Å². The SMILES string of the molecule is COc1cnn(-c2nc(OC)sc2C=O)c1. The van der Waals surface area contributed by atoms with Crippen molar-refractivity contribution in [2.45, 2.75) is 0 Å². The Morgan fingerprint density at radius 3 is 2.81 bits per heavy atom. The van der Waals surface area contributed by atoms with Crippen LogP contribution < -0.4 is 9.47 Å². The average Bonchev–Trinajstić information content (AvgIpc) is 2.94. The van der Waals surface area contributed by atoms with Crippen molar-refractivity contribution in [1.82, 2.24) is 14.8 Å². The Kier molecular flexibility index (Phi) is 2.86. The summed E-state index contributed by atoms with van der Waals surface area (Å²) in [6.45, 7) is 0. The van der Waals surface area contributed by atoms with Crippen LogP contribution in [0, 0.1) is 0 Å². The maximum absolute atomic E-state index is 10.8. The zero-order valence-electron chi connectivity index (χ0n) is 8.71. The number of carbonyl (C=O) groups excluding carboxylic acids is 1. The van der Waals surface area contributed by atoms with Gasteiger partial charge in [0.05, 0.1) is 26.6 Å². The lowest BCUT2D eigenvalue weighted by Crippen LogP contribution is -1.98. The van der Waals surface area contributed by atoms with Gasteiger partial charge in [0.25, 0.3) is 5.19 Å². The minimum atomic E-state index is 0.423. The highest BCUT2D eigenvalue weighted by Gasteiger charge is 2.14. The molecule has 0 aliphatic heterocycles. The number of aldehydes is 1. The second-order valence-electron chi connectivity index (χ2n) is 2.81. The van der Waals surface area contributed by atoms with Gasteiger partial charge in [0.15, 0.2) is 17.9 Å². The monoisotopic (exact) mass is 239 g/mol.